The lowest BCUT2D eigenvalue weighted by Crippen LogP contribution is -2.39. The van der Waals surface area contributed by atoms with Gasteiger partial charge in [-0.1, -0.05) is 11.6 Å². The predicted molar refractivity (Wildman–Crippen MR) is 135 cm³/mol. The Morgan fingerprint density at radius 2 is 2.08 bits per heavy atom. The fourth-order valence-electron chi connectivity index (χ4n) is 5.15. The maximum Gasteiger partial charge on any atom is 0.247 e. The zero-order chi connectivity index (χ0) is 26.4. The smallest absolute Gasteiger partial charge is 0.247 e. The van der Waals surface area contributed by atoms with Crippen molar-refractivity contribution < 1.29 is 14.0 Å². The van der Waals surface area contributed by atoms with Crippen LogP contribution in [0.25, 0.3) is 22.5 Å². The lowest BCUT2D eigenvalue weighted by Gasteiger charge is -2.33. The molecular formula is C25H21ClFN9O2. The summed E-state index contributed by atoms with van der Waals surface area (Å²) in [7, 11) is 0. The molecule has 2 amide bonds. The number of nitrogens with one attached hydrogen (secondary N) is 2. The molecule has 1 fully saturated rings. The van der Waals surface area contributed by atoms with Gasteiger partial charge in [-0.05, 0) is 60.4 Å². The molecule has 2 atom stereocenters. The van der Waals surface area contributed by atoms with E-state index in [4.69, 9.17) is 11.6 Å². The molecule has 2 N–H and O–H groups in total. The quantitative estimate of drug-likeness (QED) is 0.373. The second-order valence-corrected chi connectivity index (χ2v) is 9.59. The van der Waals surface area contributed by atoms with Crippen LogP contribution < -0.4 is 5.32 Å². The Balaban J connectivity index is 1.27. The fourth-order valence-corrected chi connectivity index (χ4v) is 5.33. The molecule has 0 radical (unpaired) electrons. The van der Waals surface area contributed by atoms with Gasteiger partial charge in [-0.25, -0.2) is 9.97 Å². The van der Waals surface area contributed by atoms with Crippen molar-refractivity contribution in [2.24, 2.45) is 0 Å². The van der Waals surface area contributed by atoms with Gasteiger partial charge in [0.1, 0.15) is 11.6 Å². The number of aromatic nitrogens is 7. The van der Waals surface area contributed by atoms with Crippen molar-refractivity contribution in [1.29, 1.82) is 0 Å². The van der Waals surface area contributed by atoms with Crippen molar-refractivity contribution in [1.82, 2.24) is 40.1 Å². The zero-order valence-electron chi connectivity index (χ0n) is 20.1. The summed E-state index contributed by atoms with van der Waals surface area (Å²) in [5.74, 6) is -0.512. The number of tetrazole rings is 1. The van der Waals surface area contributed by atoms with Crippen LogP contribution >= 0.6 is 11.6 Å². The zero-order valence-corrected chi connectivity index (χ0v) is 20.9. The van der Waals surface area contributed by atoms with E-state index in [1.54, 1.807) is 24.3 Å². The van der Waals surface area contributed by atoms with E-state index in [9.17, 15) is 14.0 Å². The molecule has 38 heavy (non-hydrogen) atoms. The molecule has 2 aliphatic heterocycles. The third kappa shape index (κ3) is 4.32. The van der Waals surface area contributed by atoms with E-state index >= 15 is 0 Å². The molecule has 1 saturated heterocycles. The molecule has 192 valence electrons. The van der Waals surface area contributed by atoms with Crippen LogP contribution in [-0.4, -0.2) is 57.9 Å². The summed E-state index contributed by atoms with van der Waals surface area (Å²) in [5, 5.41) is 14.9. The van der Waals surface area contributed by atoms with Gasteiger partial charge in [0, 0.05) is 29.6 Å². The van der Waals surface area contributed by atoms with Crippen molar-refractivity contribution in [3.63, 3.8) is 0 Å². The molecule has 2 aliphatic rings. The molecule has 13 heteroatoms. The van der Waals surface area contributed by atoms with Gasteiger partial charge in [0.15, 0.2) is 6.33 Å². The van der Waals surface area contributed by atoms with Gasteiger partial charge in [-0.2, -0.15) is 4.39 Å². The largest absolute Gasteiger partial charge is 0.340 e. The Morgan fingerprint density at radius 3 is 2.84 bits per heavy atom. The van der Waals surface area contributed by atoms with Crippen molar-refractivity contribution in [3.8, 4) is 16.9 Å². The van der Waals surface area contributed by atoms with E-state index < -0.39 is 5.95 Å². The van der Waals surface area contributed by atoms with Gasteiger partial charge >= 0.3 is 0 Å². The highest BCUT2D eigenvalue weighted by atomic mass is 35.5. The molecule has 3 aromatic heterocycles. The van der Waals surface area contributed by atoms with E-state index in [0.717, 1.165) is 17.6 Å². The minimum atomic E-state index is -0.739. The predicted octanol–water partition coefficient (Wildman–Crippen LogP) is 3.72. The molecule has 1 aromatic carbocycles. The number of nitrogens with zero attached hydrogens (tertiary/aromatic N) is 7. The molecule has 5 heterocycles. The standard InChI is InChI=1S/C25H21ClFN9O2/c1-13(37)31-22-7-4-17(24(27)33-22)19-11-28-25(32-19)21-6-3-16-8-14(9-23(38)35(16)21)18-10-15(26)2-5-20(18)36-30-12-29-34-36/h2,4-5,7,9-12,16,21H,3,6,8H2,1H3,(H,28,32)(H,31,33,37)/t16?,21-/m0/s1. The first-order valence-corrected chi connectivity index (χ1v) is 12.3. The Hall–Kier alpha value is -4.45. The number of fused-ring (bicyclic) bond motifs is 1. The van der Waals surface area contributed by atoms with E-state index in [1.165, 1.54) is 36.4 Å². The van der Waals surface area contributed by atoms with E-state index in [1.807, 2.05) is 4.90 Å². The third-order valence-corrected chi connectivity index (χ3v) is 6.97. The number of imidazole rings is 1. The summed E-state index contributed by atoms with van der Waals surface area (Å²) in [6.45, 7) is 1.33. The molecule has 4 aromatic rings. The molecule has 0 bridgehead atoms. The molecular weight excluding hydrogens is 513 g/mol. The van der Waals surface area contributed by atoms with Gasteiger partial charge < -0.3 is 15.2 Å². The van der Waals surface area contributed by atoms with Crippen LogP contribution in [0.15, 0.2) is 48.9 Å². The van der Waals surface area contributed by atoms with Crippen LogP contribution in [0.5, 0.6) is 0 Å². The molecule has 1 unspecified atom stereocenters. The molecule has 11 nitrogen and oxygen atoms in total. The molecule has 0 spiro atoms. The lowest BCUT2D eigenvalue weighted by atomic mass is 9.93. The van der Waals surface area contributed by atoms with Crippen LogP contribution in [0.3, 0.4) is 0 Å². The highest BCUT2D eigenvalue weighted by molar-refractivity contribution is 6.30. The van der Waals surface area contributed by atoms with Crippen molar-refractivity contribution >= 4 is 34.8 Å². The highest BCUT2D eigenvalue weighted by Gasteiger charge is 2.41. The molecule has 0 aliphatic carbocycles. The maximum absolute atomic E-state index is 14.7. The van der Waals surface area contributed by atoms with Crippen LogP contribution in [0, 0.1) is 5.95 Å². The number of H-pyrrole nitrogens is 1. The summed E-state index contributed by atoms with van der Waals surface area (Å²) >= 11 is 6.29. The fraction of sp³-hybridized carbons (Fsp3) is 0.240. The van der Waals surface area contributed by atoms with Crippen molar-refractivity contribution in [2.75, 3.05) is 5.32 Å². The highest BCUT2D eigenvalue weighted by Crippen LogP contribution is 2.43. The topological polar surface area (TPSA) is 135 Å². The van der Waals surface area contributed by atoms with Crippen LogP contribution in [0.4, 0.5) is 10.2 Å². The number of halogens is 2. The Labute approximate surface area is 220 Å². The first-order chi connectivity index (χ1) is 18.4. The van der Waals surface area contributed by atoms with Crippen LogP contribution in [0.2, 0.25) is 5.02 Å². The number of rotatable bonds is 5. The molecule has 0 saturated carbocycles. The number of benzene rings is 1. The summed E-state index contributed by atoms with van der Waals surface area (Å²) in [6.07, 6.45) is 6.61. The summed E-state index contributed by atoms with van der Waals surface area (Å²) < 4.78 is 14.7. The van der Waals surface area contributed by atoms with Gasteiger partial charge in [0.05, 0.1) is 29.2 Å². The van der Waals surface area contributed by atoms with Crippen molar-refractivity contribution in [3.05, 3.63) is 71.3 Å². The van der Waals surface area contributed by atoms with Crippen LogP contribution in [-0.2, 0) is 9.59 Å². The average Bonchev–Trinajstić information content (AvgIpc) is 3.64. The van der Waals surface area contributed by atoms with E-state index in [2.05, 4.69) is 35.7 Å². The van der Waals surface area contributed by atoms with E-state index in [0.29, 0.717) is 35.1 Å². The maximum atomic E-state index is 14.7. The number of carbonyl (C=O) groups excluding carboxylic acids is 2. The first kappa shape index (κ1) is 23.9. The SMILES string of the molecule is CC(=O)Nc1ccc(-c2cnc([C@@H]3CCC4CC(c5cc(Cl)ccc5-n5ncnn5)=CC(=O)N43)[nH]2)c(F)n1. The summed E-state index contributed by atoms with van der Waals surface area (Å²) in [6, 6.07) is 8.08. The second-order valence-electron chi connectivity index (χ2n) is 9.15. The van der Waals surface area contributed by atoms with Gasteiger partial charge in [-0.3, -0.25) is 9.59 Å². The van der Waals surface area contributed by atoms with Gasteiger partial charge in [0.25, 0.3) is 0 Å². The van der Waals surface area contributed by atoms with Crippen LogP contribution in [0.1, 0.15) is 43.6 Å². The number of amides is 2. The Morgan fingerprint density at radius 1 is 1.21 bits per heavy atom. The minimum absolute atomic E-state index is 0.0353. The van der Waals surface area contributed by atoms with Gasteiger partial charge in [0.2, 0.25) is 17.8 Å². The lowest BCUT2D eigenvalue weighted by molar-refractivity contribution is -0.129. The normalized spacial score (nSPS) is 18.9. The third-order valence-electron chi connectivity index (χ3n) is 6.73. The van der Waals surface area contributed by atoms with E-state index in [-0.39, 0.29) is 35.3 Å². The molecule has 6 rings (SSSR count). The van der Waals surface area contributed by atoms with Crippen molar-refractivity contribution in [2.45, 2.75) is 38.3 Å². The number of anilines is 1. The number of carbonyl (C=O) groups is 2. The first-order valence-electron chi connectivity index (χ1n) is 11.9. The van der Waals surface area contributed by atoms with Gasteiger partial charge in [-0.15, -0.1) is 15.0 Å². The second kappa shape index (κ2) is 9.45. The Kier molecular flexibility index (Phi) is 5.95. The number of hydrogen-bond acceptors (Lipinski definition) is 7. The minimum Gasteiger partial charge on any atom is -0.340 e. The Bertz CT molecular complexity index is 1580. The summed E-state index contributed by atoms with van der Waals surface area (Å²) in [4.78, 5) is 39.3. The number of hydrogen-bond donors (Lipinski definition) is 2. The number of pyridine rings is 1. The summed E-state index contributed by atoms with van der Waals surface area (Å²) in [5.41, 5.74) is 2.96. The number of aromatic amines is 1. The average molecular weight is 534 g/mol. The monoisotopic (exact) mass is 533 g/mol.